The van der Waals surface area contributed by atoms with Gasteiger partial charge in [0.2, 0.25) is 0 Å². The molecule has 4 aromatic rings. The number of carbonyl (C=O) groups is 1. The SMILES string of the molecule is C=CC(=O)Oc1ccc(N(c2ccc(CCc3cc(F)cc(F)c3)cc2)c2ccc(C)c(C)c2)cc1. The van der Waals surface area contributed by atoms with Crippen LogP contribution >= 0.6 is 0 Å². The van der Waals surface area contributed by atoms with Gasteiger partial charge in [-0.15, -0.1) is 0 Å². The molecule has 0 N–H and O–H groups in total. The molecule has 0 amide bonds. The quantitative estimate of drug-likeness (QED) is 0.145. The van der Waals surface area contributed by atoms with Crippen molar-refractivity contribution in [2.24, 2.45) is 0 Å². The van der Waals surface area contributed by atoms with Gasteiger partial charge in [0.1, 0.15) is 17.4 Å². The fourth-order valence-electron chi connectivity index (χ4n) is 3.99. The van der Waals surface area contributed by atoms with Crippen LogP contribution in [0.25, 0.3) is 0 Å². The smallest absolute Gasteiger partial charge is 0.335 e. The van der Waals surface area contributed by atoms with Crippen molar-refractivity contribution in [3.05, 3.63) is 131 Å². The third kappa shape index (κ3) is 6.05. The van der Waals surface area contributed by atoms with Gasteiger partial charge in [0.25, 0.3) is 0 Å². The molecule has 0 aliphatic rings. The molecule has 0 aliphatic heterocycles. The highest BCUT2D eigenvalue weighted by Gasteiger charge is 2.14. The Morgan fingerprint density at radius 3 is 1.89 bits per heavy atom. The van der Waals surface area contributed by atoms with E-state index in [0.29, 0.717) is 24.2 Å². The van der Waals surface area contributed by atoms with Crippen molar-refractivity contribution >= 4 is 23.0 Å². The van der Waals surface area contributed by atoms with Gasteiger partial charge in [-0.1, -0.05) is 24.8 Å². The van der Waals surface area contributed by atoms with Crippen LogP contribution in [0.5, 0.6) is 5.75 Å². The number of hydrogen-bond acceptors (Lipinski definition) is 3. The highest BCUT2D eigenvalue weighted by atomic mass is 19.1. The summed E-state index contributed by atoms with van der Waals surface area (Å²) in [7, 11) is 0. The molecule has 0 radical (unpaired) electrons. The number of rotatable bonds is 8. The van der Waals surface area contributed by atoms with Crippen LogP contribution in [0.1, 0.15) is 22.3 Å². The lowest BCUT2D eigenvalue weighted by molar-refractivity contribution is -0.128. The average molecular weight is 484 g/mol. The first-order valence-electron chi connectivity index (χ1n) is 11.7. The number of carbonyl (C=O) groups excluding carboxylic acids is 1. The summed E-state index contributed by atoms with van der Waals surface area (Å²) in [5.74, 6) is -1.19. The predicted molar refractivity (Wildman–Crippen MR) is 140 cm³/mol. The molecule has 36 heavy (non-hydrogen) atoms. The molecule has 4 aromatic carbocycles. The van der Waals surface area contributed by atoms with Crippen molar-refractivity contribution in [2.45, 2.75) is 26.7 Å². The van der Waals surface area contributed by atoms with Crippen LogP contribution in [-0.2, 0) is 17.6 Å². The van der Waals surface area contributed by atoms with Gasteiger partial charge in [0, 0.05) is 29.2 Å². The summed E-state index contributed by atoms with van der Waals surface area (Å²) in [6, 6.07) is 25.3. The van der Waals surface area contributed by atoms with Crippen LogP contribution in [-0.4, -0.2) is 5.97 Å². The Hall–Kier alpha value is -4.25. The molecule has 0 unspecified atom stereocenters. The third-order valence-corrected chi connectivity index (χ3v) is 6.05. The molecule has 0 fully saturated rings. The number of nitrogens with zero attached hydrogens (tertiary/aromatic N) is 1. The van der Waals surface area contributed by atoms with Crippen LogP contribution in [0, 0.1) is 25.5 Å². The first kappa shape index (κ1) is 24.9. The molecule has 0 saturated carbocycles. The lowest BCUT2D eigenvalue weighted by Crippen LogP contribution is -2.11. The Morgan fingerprint density at radius 2 is 1.31 bits per heavy atom. The Balaban J connectivity index is 1.61. The van der Waals surface area contributed by atoms with Gasteiger partial charge in [0.15, 0.2) is 0 Å². The number of esters is 1. The molecular weight excluding hydrogens is 456 g/mol. The zero-order chi connectivity index (χ0) is 25.7. The predicted octanol–water partition coefficient (Wildman–Crippen LogP) is 7.93. The van der Waals surface area contributed by atoms with Crippen molar-refractivity contribution in [3.63, 3.8) is 0 Å². The Bertz CT molecular complexity index is 1360. The highest BCUT2D eigenvalue weighted by molar-refractivity contribution is 5.83. The molecule has 0 atom stereocenters. The Morgan fingerprint density at radius 1 is 0.750 bits per heavy atom. The molecule has 0 heterocycles. The highest BCUT2D eigenvalue weighted by Crippen LogP contribution is 2.36. The minimum atomic E-state index is -0.561. The van der Waals surface area contributed by atoms with E-state index in [-0.39, 0.29) is 0 Å². The van der Waals surface area contributed by atoms with E-state index in [4.69, 9.17) is 4.74 Å². The fourth-order valence-corrected chi connectivity index (χ4v) is 3.99. The summed E-state index contributed by atoms with van der Waals surface area (Å²) < 4.78 is 32.2. The van der Waals surface area contributed by atoms with Crippen molar-refractivity contribution < 1.29 is 18.3 Å². The monoisotopic (exact) mass is 483 g/mol. The first-order chi connectivity index (χ1) is 17.3. The maximum Gasteiger partial charge on any atom is 0.335 e. The number of aryl methyl sites for hydroxylation is 4. The second-order valence-electron chi connectivity index (χ2n) is 8.67. The van der Waals surface area contributed by atoms with E-state index in [1.807, 2.05) is 36.4 Å². The molecule has 0 saturated heterocycles. The summed E-state index contributed by atoms with van der Waals surface area (Å²) in [6.07, 6.45) is 2.33. The van der Waals surface area contributed by atoms with E-state index in [0.717, 1.165) is 34.8 Å². The van der Waals surface area contributed by atoms with E-state index in [1.54, 1.807) is 12.1 Å². The molecule has 0 bridgehead atoms. The van der Waals surface area contributed by atoms with Crippen LogP contribution in [0.3, 0.4) is 0 Å². The van der Waals surface area contributed by atoms with E-state index < -0.39 is 17.6 Å². The molecule has 4 rings (SSSR count). The van der Waals surface area contributed by atoms with E-state index in [1.165, 1.54) is 23.3 Å². The van der Waals surface area contributed by atoms with Gasteiger partial charge in [-0.25, -0.2) is 13.6 Å². The van der Waals surface area contributed by atoms with Crippen LogP contribution < -0.4 is 9.64 Å². The topological polar surface area (TPSA) is 29.5 Å². The Labute approximate surface area is 210 Å². The molecule has 0 spiro atoms. The summed E-state index contributed by atoms with van der Waals surface area (Å²) >= 11 is 0. The second kappa shape index (κ2) is 11.0. The molecular formula is C31H27F2NO2. The summed E-state index contributed by atoms with van der Waals surface area (Å²) in [5, 5.41) is 0. The van der Waals surface area contributed by atoms with Crippen LogP contribution in [0.4, 0.5) is 25.8 Å². The average Bonchev–Trinajstić information content (AvgIpc) is 2.86. The van der Waals surface area contributed by atoms with Crippen LogP contribution in [0.2, 0.25) is 0 Å². The summed E-state index contributed by atoms with van der Waals surface area (Å²) in [5.41, 5.74) is 6.93. The zero-order valence-electron chi connectivity index (χ0n) is 20.3. The maximum atomic E-state index is 13.5. The summed E-state index contributed by atoms with van der Waals surface area (Å²) in [4.78, 5) is 13.7. The zero-order valence-corrected chi connectivity index (χ0v) is 20.3. The van der Waals surface area contributed by atoms with Crippen molar-refractivity contribution in [1.29, 1.82) is 0 Å². The molecule has 5 heteroatoms. The molecule has 3 nitrogen and oxygen atoms in total. The maximum absolute atomic E-state index is 13.5. The summed E-state index contributed by atoms with van der Waals surface area (Å²) in [6.45, 7) is 7.58. The molecule has 0 aliphatic carbocycles. The van der Waals surface area contributed by atoms with Crippen LogP contribution in [0.15, 0.2) is 97.6 Å². The Kier molecular flexibility index (Phi) is 7.59. The lowest BCUT2D eigenvalue weighted by Gasteiger charge is -2.26. The first-order valence-corrected chi connectivity index (χ1v) is 11.7. The van der Waals surface area contributed by atoms with Crippen molar-refractivity contribution in [3.8, 4) is 5.75 Å². The minimum Gasteiger partial charge on any atom is -0.423 e. The normalized spacial score (nSPS) is 10.7. The minimum absolute atomic E-state index is 0.438. The van der Waals surface area contributed by atoms with Gasteiger partial charge < -0.3 is 9.64 Å². The second-order valence-corrected chi connectivity index (χ2v) is 8.67. The largest absolute Gasteiger partial charge is 0.423 e. The van der Waals surface area contributed by atoms with E-state index in [2.05, 4.69) is 43.5 Å². The molecule has 182 valence electrons. The standard InChI is InChI=1S/C31H27F2NO2/c1-4-31(35)36-30-15-13-28(14-16-30)34(29-10-5-21(2)22(3)17-29)27-11-8-23(9-12-27)6-7-24-18-25(32)20-26(33)19-24/h4-5,8-20H,1,6-7H2,2-3H3. The van der Waals surface area contributed by atoms with Crippen molar-refractivity contribution in [2.75, 3.05) is 4.90 Å². The van der Waals surface area contributed by atoms with E-state index in [9.17, 15) is 13.6 Å². The van der Waals surface area contributed by atoms with Gasteiger partial charge >= 0.3 is 5.97 Å². The number of anilines is 3. The van der Waals surface area contributed by atoms with Gasteiger partial charge in [-0.2, -0.15) is 0 Å². The van der Waals surface area contributed by atoms with Gasteiger partial charge in [-0.05, 0) is 110 Å². The number of hydrogen-bond donors (Lipinski definition) is 0. The molecule has 0 aromatic heterocycles. The number of benzene rings is 4. The van der Waals surface area contributed by atoms with Gasteiger partial charge in [-0.3, -0.25) is 0 Å². The third-order valence-electron chi connectivity index (χ3n) is 6.05. The number of halogens is 2. The number of ether oxygens (including phenoxy) is 1. The lowest BCUT2D eigenvalue weighted by atomic mass is 10.0. The fraction of sp³-hybridized carbons (Fsp3) is 0.129. The van der Waals surface area contributed by atoms with E-state index >= 15 is 0 Å². The van der Waals surface area contributed by atoms with Gasteiger partial charge in [0.05, 0.1) is 0 Å². The van der Waals surface area contributed by atoms with Crippen molar-refractivity contribution in [1.82, 2.24) is 0 Å².